The number of hydrogen-bond acceptors (Lipinski definition) is 5. The fourth-order valence-corrected chi connectivity index (χ4v) is 4.04. The van der Waals surface area contributed by atoms with Crippen LogP contribution in [-0.2, 0) is 6.42 Å². The largest absolute Gasteiger partial charge is 0.494 e. The number of hydrogen-bond donors (Lipinski definition) is 3. The number of aliphatic hydroxyl groups is 1. The highest BCUT2D eigenvalue weighted by atomic mass is 32.1. The Hall–Kier alpha value is -1.79. The molecule has 1 aliphatic carbocycles. The second-order valence-corrected chi connectivity index (χ2v) is 8.02. The number of nitrogens with one attached hydrogen (secondary N) is 1. The number of H-pyrrole nitrogens is 1. The maximum Gasteiger partial charge on any atom is 0.307 e. The van der Waals surface area contributed by atoms with E-state index in [1.807, 2.05) is 24.3 Å². The number of thiazole rings is 1. The molecule has 0 saturated heterocycles. The summed E-state index contributed by atoms with van der Waals surface area (Å²) in [6.07, 6.45) is 4.10. The van der Waals surface area contributed by atoms with Gasteiger partial charge in [0.1, 0.15) is 5.75 Å². The summed E-state index contributed by atoms with van der Waals surface area (Å²) in [6, 6.07) is 7.70. The first-order chi connectivity index (χ1) is 11.4. The molecule has 1 heterocycles. The van der Waals surface area contributed by atoms with Crippen molar-refractivity contribution in [2.24, 2.45) is 5.41 Å². The number of aromatic amines is 1. The van der Waals surface area contributed by atoms with Crippen LogP contribution in [0, 0.1) is 5.41 Å². The van der Waals surface area contributed by atoms with Gasteiger partial charge in [-0.05, 0) is 37.0 Å². The van der Waals surface area contributed by atoms with Crippen molar-refractivity contribution in [1.29, 1.82) is 0 Å². The van der Waals surface area contributed by atoms with Crippen LogP contribution in [0.3, 0.4) is 0 Å². The molecule has 1 saturated carbocycles. The summed E-state index contributed by atoms with van der Waals surface area (Å²) >= 11 is 1.03. The summed E-state index contributed by atoms with van der Waals surface area (Å²) in [5, 5.41) is 19.5. The van der Waals surface area contributed by atoms with Gasteiger partial charge in [0.25, 0.3) is 0 Å². The zero-order valence-corrected chi connectivity index (χ0v) is 14.6. The lowest BCUT2D eigenvalue weighted by Crippen LogP contribution is -2.33. The number of aromatic hydroxyl groups is 1. The van der Waals surface area contributed by atoms with Gasteiger partial charge in [0.2, 0.25) is 5.88 Å². The number of aliphatic hydroxyl groups excluding tert-OH is 1. The van der Waals surface area contributed by atoms with Crippen LogP contribution in [0.15, 0.2) is 29.1 Å². The summed E-state index contributed by atoms with van der Waals surface area (Å²) in [4.78, 5) is 14.0. The first-order valence-electron chi connectivity index (χ1n) is 8.24. The van der Waals surface area contributed by atoms with Gasteiger partial charge in [-0.2, -0.15) is 0 Å². The van der Waals surface area contributed by atoms with Crippen LogP contribution < -0.4 is 9.61 Å². The van der Waals surface area contributed by atoms with Gasteiger partial charge in [0.05, 0.1) is 17.6 Å². The zero-order chi connectivity index (χ0) is 17.2. The third kappa shape index (κ3) is 4.19. The van der Waals surface area contributed by atoms with E-state index in [1.54, 1.807) is 0 Å². The van der Waals surface area contributed by atoms with Gasteiger partial charge in [-0.25, -0.2) is 0 Å². The van der Waals surface area contributed by atoms with Crippen LogP contribution in [-0.4, -0.2) is 27.9 Å². The van der Waals surface area contributed by atoms with E-state index in [0.717, 1.165) is 48.3 Å². The standard InChI is InChI=1S/C18H23NO4S/c1-18(8-2-3-13(20)10-18)11-23-14-6-4-12(5-7-14)9-15-16(21)19-17(22)24-15/h4-7,13,20-21H,2-3,8-11H2,1H3,(H,19,22). The summed E-state index contributed by atoms with van der Waals surface area (Å²) in [6.45, 7) is 2.77. The molecule has 3 N–H and O–H groups in total. The Morgan fingerprint density at radius 3 is 2.75 bits per heavy atom. The van der Waals surface area contributed by atoms with Gasteiger partial charge in [0.15, 0.2) is 0 Å². The van der Waals surface area contributed by atoms with E-state index in [2.05, 4.69) is 11.9 Å². The maximum absolute atomic E-state index is 11.2. The van der Waals surface area contributed by atoms with Crippen LogP contribution in [0.2, 0.25) is 0 Å². The molecule has 3 rings (SSSR count). The molecule has 1 aromatic carbocycles. The molecule has 0 radical (unpaired) electrons. The second kappa shape index (κ2) is 6.99. The highest BCUT2D eigenvalue weighted by Gasteiger charge is 2.32. The van der Waals surface area contributed by atoms with E-state index >= 15 is 0 Å². The normalized spacial score (nSPS) is 24.0. The first kappa shape index (κ1) is 17.0. The first-order valence-corrected chi connectivity index (χ1v) is 9.06. The van der Waals surface area contributed by atoms with Crippen molar-refractivity contribution in [1.82, 2.24) is 4.98 Å². The minimum atomic E-state index is -0.245. The molecular weight excluding hydrogens is 326 g/mol. The molecular formula is C18H23NO4S. The van der Waals surface area contributed by atoms with Crippen LogP contribution in [0.25, 0.3) is 0 Å². The van der Waals surface area contributed by atoms with Crippen LogP contribution in [0.1, 0.15) is 43.0 Å². The quantitative estimate of drug-likeness (QED) is 0.775. The summed E-state index contributed by atoms with van der Waals surface area (Å²) < 4.78 is 5.92. The number of rotatable bonds is 5. The molecule has 0 bridgehead atoms. The van der Waals surface area contributed by atoms with E-state index in [4.69, 9.17) is 4.74 Å². The highest BCUT2D eigenvalue weighted by molar-refractivity contribution is 7.09. The molecule has 24 heavy (non-hydrogen) atoms. The van der Waals surface area contributed by atoms with Crippen molar-refractivity contribution >= 4 is 11.3 Å². The average molecular weight is 349 g/mol. The number of benzene rings is 1. The van der Waals surface area contributed by atoms with Crippen molar-refractivity contribution in [3.63, 3.8) is 0 Å². The van der Waals surface area contributed by atoms with Crippen LogP contribution in [0.5, 0.6) is 11.6 Å². The zero-order valence-electron chi connectivity index (χ0n) is 13.7. The number of aromatic nitrogens is 1. The van der Waals surface area contributed by atoms with Gasteiger partial charge in [-0.15, -0.1) is 0 Å². The molecule has 130 valence electrons. The van der Waals surface area contributed by atoms with Crippen LogP contribution >= 0.6 is 11.3 Å². The molecule has 0 spiro atoms. The smallest absolute Gasteiger partial charge is 0.307 e. The predicted molar refractivity (Wildman–Crippen MR) is 93.9 cm³/mol. The molecule has 0 aliphatic heterocycles. The SMILES string of the molecule is CC1(COc2ccc(Cc3sc(=O)[nH]c3O)cc2)CCCC(O)C1. The monoisotopic (exact) mass is 349 g/mol. The third-order valence-corrected chi connectivity index (χ3v) is 5.49. The lowest BCUT2D eigenvalue weighted by atomic mass is 9.75. The molecule has 2 aromatic rings. The average Bonchev–Trinajstić information content (AvgIpc) is 2.84. The second-order valence-electron chi connectivity index (χ2n) is 6.96. The summed E-state index contributed by atoms with van der Waals surface area (Å²) in [5.74, 6) is 0.751. The maximum atomic E-state index is 11.2. The molecule has 2 unspecified atom stereocenters. The van der Waals surface area contributed by atoms with E-state index < -0.39 is 0 Å². The lowest BCUT2D eigenvalue weighted by Gasteiger charge is -2.35. The van der Waals surface area contributed by atoms with E-state index in [0.29, 0.717) is 17.9 Å². The van der Waals surface area contributed by atoms with Crippen molar-refractivity contribution in [2.75, 3.05) is 6.61 Å². The molecule has 1 aliphatic rings. The number of ether oxygens (including phenoxy) is 1. The Bertz CT molecular complexity index is 736. The van der Waals surface area contributed by atoms with Gasteiger partial charge in [-0.1, -0.05) is 36.8 Å². The van der Waals surface area contributed by atoms with Gasteiger partial charge in [-0.3, -0.25) is 9.78 Å². The highest BCUT2D eigenvalue weighted by Crippen LogP contribution is 2.36. The lowest BCUT2D eigenvalue weighted by molar-refractivity contribution is 0.0272. The Kier molecular flexibility index (Phi) is 4.96. The Balaban J connectivity index is 1.58. The Morgan fingerprint density at radius 1 is 1.38 bits per heavy atom. The van der Waals surface area contributed by atoms with E-state index in [9.17, 15) is 15.0 Å². The van der Waals surface area contributed by atoms with Gasteiger partial charge >= 0.3 is 4.87 Å². The van der Waals surface area contributed by atoms with E-state index in [1.165, 1.54) is 0 Å². The summed E-state index contributed by atoms with van der Waals surface area (Å²) in [5.41, 5.74) is 1.03. The summed E-state index contributed by atoms with van der Waals surface area (Å²) in [7, 11) is 0. The minimum absolute atomic E-state index is 0.0272. The van der Waals surface area contributed by atoms with Crippen molar-refractivity contribution in [3.05, 3.63) is 44.4 Å². The van der Waals surface area contributed by atoms with Crippen molar-refractivity contribution in [3.8, 4) is 11.6 Å². The van der Waals surface area contributed by atoms with Crippen molar-refractivity contribution < 1.29 is 14.9 Å². The molecule has 5 nitrogen and oxygen atoms in total. The Morgan fingerprint density at radius 2 is 2.12 bits per heavy atom. The molecule has 2 atom stereocenters. The molecule has 6 heteroatoms. The predicted octanol–water partition coefficient (Wildman–Crippen LogP) is 3.05. The fraction of sp³-hybridized carbons (Fsp3) is 0.500. The topological polar surface area (TPSA) is 82.6 Å². The van der Waals surface area contributed by atoms with Gasteiger partial charge < -0.3 is 14.9 Å². The minimum Gasteiger partial charge on any atom is -0.494 e. The van der Waals surface area contributed by atoms with Gasteiger partial charge in [0, 0.05) is 11.8 Å². The molecule has 1 fully saturated rings. The van der Waals surface area contributed by atoms with E-state index in [-0.39, 0.29) is 22.3 Å². The fourth-order valence-electron chi connectivity index (χ4n) is 3.29. The molecule has 0 amide bonds. The van der Waals surface area contributed by atoms with Crippen molar-refractivity contribution in [2.45, 2.75) is 45.1 Å². The molecule has 1 aromatic heterocycles. The van der Waals surface area contributed by atoms with Crippen LogP contribution in [0.4, 0.5) is 0 Å². The third-order valence-electron chi connectivity index (χ3n) is 4.62. The Labute approximate surface area is 144 Å².